The lowest BCUT2D eigenvalue weighted by Gasteiger charge is -2.18. The lowest BCUT2D eigenvalue weighted by molar-refractivity contribution is -0.118. The number of aryl methyl sites for hydroxylation is 1. The lowest BCUT2D eigenvalue weighted by atomic mass is 10.1. The number of nitrogens with one attached hydrogen (secondary N) is 2. The molecule has 25 heavy (non-hydrogen) atoms. The fourth-order valence-electron chi connectivity index (χ4n) is 2.43. The molecule has 0 spiro atoms. The second kappa shape index (κ2) is 7.44. The quantitative estimate of drug-likeness (QED) is 0.753. The average Bonchev–Trinajstić information content (AvgIpc) is 3.05. The number of amides is 2. The van der Waals surface area contributed by atoms with Crippen molar-refractivity contribution >= 4 is 17.6 Å². The standard InChI is InChI=1S/C19H18N4O2/c1-23-13-12-16(22-23)20-19(25)17(14-8-4-2-5-9-14)21-18(24)15-10-6-3-7-11-15/h2-13,17H,1H3,(H,21,24)(H,20,22,25). The van der Waals surface area contributed by atoms with Crippen molar-refractivity contribution in [1.29, 1.82) is 0 Å². The maximum Gasteiger partial charge on any atom is 0.252 e. The van der Waals surface area contributed by atoms with Gasteiger partial charge in [-0.05, 0) is 17.7 Å². The topological polar surface area (TPSA) is 76.0 Å². The fraction of sp³-hybridized carbons (Fsp3) is 0.105. The van der Waals surface area contributed by atoms with E-state index < -0.39 is 6.04 Å². The molecule has 2 aromatic carbocycles. The smallest absolute Gasteiger partial charge is 0.252 e. The van der Waals surface area contributed by atoms with E-state index >= 15 is 0 Å². The Balaban J connectivity index is 1.82. The zero-order valence-corrected chi connectivity index (χ0v) is 13.7. The summed E-state index contributed by atoms with van der Waals surface area (Å²) < 4.78 is 1.59. The molecule has 6 heteroatoms. The normalized spacial score (nSPS) is 11.6. The zero-order valence-electron chi connectivity index (χ0n) is 13.7. The summed E-state index contributed by atoms with van der Waals surface area (Å²) in [7, 11) is 1.77. The maximum atomic E-state index is 12.7. The maximum absolute atomic E-state index is 12.7. The number of carbonyl (C=O) groups is 2. The first-order valence-corrected chi connectivity index (χ1v) is 7.85. The monoisotopic (exact) mass is 334 g/mol. The molecule has 3 aromatic rings. The van der Waals surface area contributed by atoms with E-state index in [0.717, 1.165) is 0 Å². The van der Waals surface area contributed by atoms with Crippen molar-refractivity contribution < 1.29 is 9.59 Å². The first-order valence-electron chi connectivity index (χ1n) is 7.85. The van der Waals surface area contributed by atoms with E-state index in [0.29, 0.717) is 16.9 Å². The number of hydrogen-bond acceptors (Lipinski definition) is 3. The Bertz CT molecular complexity index is 859. The lowest BCUT2D eigenvalue weighted by Crippen LogP contribution is -2.37. The molecule has 3 rings (SSSR count). The van der Waals surface area contributed by atoms with Crippen LogP contribution in [0.1, 0.15) is 22.0 Å². The van der Waals surface area contributed by atoms with Crippen LogP contribution in [0.15, 0.2) is 72.9 Å². The van der Waals surface area contributed by atoms with Gasteiger partial charge in [0.05, 0.1) is 0 Å². The molecule has 2 amide bonds. The molecule has 0 aliphatic carbocycles. The van der Waals surface area contributed by atoms with Gasteiger partial charge in [0.25, 0.3) is 11.8 Å². The summed E-state index contributed by atoms with van der Waals surface area (Å²) in [5.41, 5.74) is 1.19. The fourth-order valence-corrected chi connectivity index (χ4v) is 2.43. The van der Waals surface area contributed by atoms with Crippen LogP contribution >= 0.6 is 0 Å². The van der Waals surface area contributed by atoms with Crippen molar-refractivity contribution in [2.75, 3.05) is 5.32 Å². The Labute approximate surface area is 145 Å². The van der Waals surface area contributed by atoms with Crippen molar-refractivity contribution in [3.8, 4) is 0 Å². The number of carbonyl (C=O) groups excluding carboxylic acids is 2. The van der Waals surface area contributed by atoms with Gasteiger partial charge in [-0.15, -0.1) is 0 Å². The second-order valence-corrected chi connectivity index (χ2v) is 5.55. The summed E-state index contributed by atoms with van der Waals surface area (Å²) in [5.74, 6) is -0.234. The molecular formula is C19H18N4O2. The Morgan fingerprint density at radius 3 is 2.20 bits per heavy atom. The molecule has 6 nitrogen and oxygen atoms in total. The number of hydrogen-bond donors (Lipinski definition) is 2. The molecule has 1 atom stereocenters. The van der Waals surface area contributed by atoms with Crippen LogP contribution in [-0.4, -0.2) is 21.6 Å². The molecule has 2 N–H and O–H groups in total. The van der Waals surface area contributed by atoms with E-state index in [9.17, 15) is 9.59 Å². The summed E-state index contributed by atoms with van der Waals surface area (Å²) in [6, 6.07) is 18.8. The Morgan fingerprint density at radius 2 is 1.60 bits per heavy atom. The zero-order chi connectivity index (χ0) is 17.6. The minimum atomic E-state index is -0.823. The van der Waals surface area contributed by atoms with E-state index in [1.165, 1.54) is 0 Å². The van der Waals surface area contributed by atoms with Crippen LogP contribution < -0.4 is 10.6 Å². The number of rotatable bonds is 5. The number of anilines is 1. The Hall–Kier alpha value is -3.41. The molecule has 1 heterocycles. The second-order valence-electron chi connectivity index (χ2n) is 5.55. The van der Waals surface area contributed by atoms with E-state index in [4.69, 9.17) is 0 Å². The van der Waals surface area contributed by atoms with Gasteiger partial charge in [0.1, 0.15) is 6.04 Å². The van der Waals surface area contributed by atoms with Crippen molar-refractivity contribution in [2.45, 2.75) is 6.04 Å². The number of benzene rings is 2. The molecule has 0 saturated heterocycles. The third-order valence-corrected chi connectivity index (χ3v) is 3.67. The molecule has 0 bridgehead atoms. The molecule has 0 aliphatic rings. The highest BCUT2D eigenvalue weighted by atomic mass is 16.2. The first kappa shape index (κ1) is 16.4. The summed E-state index contributed by atoms with van der Waals surface area (Å²) in [5, 5.41) is 9.66. The minimum absolute atomic E-state index is 0.314. The molecular weight excluding hydrogens is 316 g/mol. The van der Waals surface area contributed by atoms with Gasteiger partial charge in [-0.25, -0.2) is 0 Å². The van der Waals surface area contributed by atoms with Gasteiger partial charge in [0, 0.05) is 24.9 Å². The van der Waals surface area contributed by atoms with Gasteiger partial charge >= 0.3 is 0 Å². The van der Waals surface area contributed by atoms with Crippen LogP contribution in [0, 0.1) is 0 Å². The Kier molecular flexibility index (Phi) is 4.89. The predicted octanol–water partition coefficient (Wildman–Crippen LogP) is 2.53. The van der Waals surface area contributed by atoms with Crippen LogP contribution in [0.4, 0.5) is 5.82 Å². The molecule has 0 aliphatic heterocycles. The van der Waals surface area contributed by atoms with Crippen LogP contribution in [0.2, 0.25) is 0 Å². The SMILES string of the molecule is Cn1ccc(NC(=O)C(NC(=O)c2ccccc2)c2ccccc2)n1. The molecule has 0 radical (unpaired) electrons. The molecule has 1 aromatic heterocycles. The van der Waals surface area contributed by atoms with Crippen LogP contribution in [0.25, 0.3) is 0 Å². The predicted molar refractivity (Wildman–Crippen MR) is 94.9 cm³/mol. The van der Waals surface area contributed by atoms with Gasteiger partial charge in [0.15, 0.2) is 5.82 Å². The van der Waals surface area contributed by atoms with Crippen molar-refractivity contribution in [3.63, 3.8) is 0 Å². The Morgan fingerprint density at radius 1 is 0.960 bits per heavy atom. The van der Waals surface area contributed by atoms with Gasteiger partial charge in [-0.3, -0.25) is 14.3 Å². The number of aromatic nitrogens is 2. The summed E-state index contributed by atoms with van der Waals surface area (Å²) in [6.45, 7) is 0. The molecule has 126 valence electrons. The van der Waals surface area contributed by atoms with Crippen LogP contribution in [0.3, 0.4) is 0 Å². The third kappa shape index (κ3) is 4.11. The summed E-state index contributed by atoms with van der Waals surface area (Å²) in [4.78, 5) is 25.2. The van der Waals surface area contributed by atoms with E-state index in [-0.39, 0.29) is 11.8 Å². The number of nitrogens with zero attached hydrogens (tertiary/aromatic N) is 2. The van der Waals surface area contributed by atoms with Crippen LogP contribution in [0.5, 0.6) is 0 Å². The van der Waals surface area contributed by atoms with E-state index in [2.05, 4.69) is 15.7 Å². The largest absolute Gasteiger partial charge is 0.336 e. The molecule has 0 fully saturated rings. The highest BCUT2D eigenvalue weighted by molar-refractivity contribution is 6.01. The van der Waals surface area contributed by atoms with Crippen molar-refractivity contribution in [3.05, 3.63) is 84.1 Å². The highest BCUT2D eigenvalue weighted by Crippen LogP contribution is 2.16. The highest BCUT2D eigenvalue weighted by Gasteiger charge is 2.23. The molecule has 0 saturated carbocycles. The van der Waals surface area contributed by atoms with Crippen molar-refractivity contribution in [2.24, 2.45) is 7.05 Å². The van der Waals surface area contributed by atoms with E-state index in [1.54, 1.807) is 60.4 Å². The van der Waals surface area contributed by atoms with Crippen molar-refractivity contribution in [1.82, 2.24) is 15.1 Å². The van der Waals surface area contributed by atoms with Crippen LogP contribution in [-0.2, 0) is 11.8 Å². The summed E-state index contributed by atoms with van der Waals surface area (Å²) >= 11 is 0. The van der Waals surface area contributed by atoms with Gasteiger partial charge in [-0.1, -0.05) is 48.5 Å². The average molecular weight is 334 g/mol. The minimum Gasteiger partial charge on any atom is -0.336 e. The van der Waals surface area contributed by atoms with E-state index in [1.807, 2.05) is 24.3 Å². The molecule has 1 unspecified atom stereocenters. The van der Waals surface area contributed by atoms with Gasteiger partial charge < -0.3 is 10.6 Å². The summed E-state index contributed by atoms with van der Waals surface area (Å²) in [6.07, 6.45) is 1.73. The van der Waals surface area contributed by atoms with Gasteiger partial charge in [-0.2, -0.15) is 5.10 Å². The third-order valence-electron chi connectivity index (χ3n) is 3.67. The van der Waals surface area contributed by atoms with Gasteiger partial charge in [0.2, 0.25) is 0 Å². The first-order chi connectivity index (χ1) is 12.1.